The fraction of sp³-hybridized carbons (Fsp3) is 0.250. The SMILES string of the molecule is CCC/C(C#N)=C(/Cl)c1cc(Br)ccc1I. The van der Waals surface area contributed by atoms with E-state index in [1.807, 2.05) is 25.1 Å². The van der Waals surface area contributed by atoms with Crippen LogP contribution in [0.5, 0.6) is 0 Å². The Morgan fingerprint density at radius 2 is 2.25 bits per heavy atom. The highest BCUT2D eigenvalue weighted by Gasteiger charge is 2.10. The highest BCUT2D eigenvalue weighted by Crippen LogP contribution is 2.31. The molecule has 0 aliphatic heterocycles. The van der Waals surface area contributed by atoms with Crippen molar-refractivity contribution < 1.29 is 0 Å². The Kier molecular flexibility index (Phi) is 5.81. The quantitative estimate of drug-likeness (QED) is 0.488. The van der Waals surface area contributed by atoms with E-state index in [-0.39, 0.29) is 0 Å². The van der Waals surface area contributed by atoms with Crippen molar-refractivity contribution in [1.82, 2.24) is 0 Å². The maximum Gasteiger partial charge on any atom is 0.0962 e. The van der Waals surface area contributed by atoms with E-state index in [2.05, 4.69) is 44.6 Å². The molecule has 1 rings (SSSR count). The number of benzene rings is 1. The molecular weight excluding hydrogens is 400 g/mol. The second-order valence-electron chi connectivity index (χ2n) is 3.28. The van der Waals surface area contributed by atoms with Gasteiger partial charge in [0.15, 0.2) is 0 Å². The molecule has 0 aliphatic rings. The summed E-state index contributed by atoms with van der Waals surface area (Å²) < 4.78 is 2.02. The lowest BCUT2D eigenvalue weighted by molar-refractivity contribution is 0.933. The second kappa shape index (κ2) is 6.63. The van der Waals surface area contributed by atoms with Gasteiger partial charge in [0.1, 0.15) is 0 Å². The number of nitriles is 1. The van der Waals surface area contributed by atoms with E-state index in [9.17, 15) is 0 Å². The van der Waals surface area contributed by atoms with Gasteiger partial charge in [0.05, 0.1) is 11.1 Å². The standard InChI is InChI=1S/C12H10BrClIN/c1-2-3-8(7-16)12(14)10-6-9(13)4-5-11(10)15/h4-6H,2-3H2,1H3/b12-8-. The third-order valence-electron chi connectivity index (χ3n) is 2.06. The van der Waals surface area contributed by atoms with Crippen molar-refractivity contribution in [3.8, 4) is 6.07 Å². The largest absolute Gasteiger partial charge is 0.193 e. The monoisotopic (exact) mass is 409 g/mol. The van der Waals surface area contributed by atoms with Crippen LogP contribution in [0.3, 0.4) is 0 Å². The molecule has 0 saturated carbocycles. The van der Waals surface area contributed by atoms with Crippen molar-refractivity contribution in [2.45, 2.75) is 19.8 Å². The third-order valence-corrected chi connectivity index (χ3v) is 3.93. The topological polar surface area (TPSA) is 23.8 Å². The summed E-state index contributed by atoms with van der Waals surface area (Å²) in [6.45, 7) is 2.04. The summed E-state index contributed by atoms with van der Waals surface area (Å²) >= 11 is 11.9. The average Bonchev–Trinajstić information content (AvgIpc) is 2.28. The molecule has 0 radical (unpaired) electrons. The lowest BCUT2D eigenvalue weighted by atomic mass is 10.1. The maximum atomic E-state index is 9.04. The first kappa shape index (κ1) is 14.0. The minimum absolute atomic E-state index is 0.565. The molecular formula is C12H10BrClIN. The van der Waals surface area contributed by atoms with Gasteiger partial charge in [-0.1, -0.05) is 40.9 Å². The summed E-state index contributed by atoms with van der Waals surface area (Å²) in [4.78, 5) is 0. The van der Waals surface area contributed by atoms with Crippen LogP contribution in [-0.2, 0) is 0 Å². The van der Waals surface area contributed by atoms with Crippen LogP contribution in [0, 0.1) is 14.9 Å². The van der Waals surface area contributed by atoms with Crippen molar-refractivity contribution >= 4 is 55.2 Å². The molecule has 0 amide bonds. The minimum atomic E-state index is 0.565. The van der Waals surface area contributed by atoms with Gasteiger partial charge in [0.2, 0.25) is 0 Å². The van der Waals surface area contributed by atoms with Gasteiger partial charge in [-0.25, -0.2) is 0 Å². The lowest BCUT2D eigenvalue weighted by Crippen LogP contribution is -1.89. The predicted octanol–water partition coefficient (Wildman–Crippen LogP) is 5.33. The van der Waals surface area contributed by atoms with Gasteiger partial charge in [0.25, 0.3) is 0 Å². The zero-order valence-electron chi connectivity index (χ0n) is 8.73. The molecule has 4 heteroatoms. The van der Waals surface area contributed by atoms with Crippen LogP contribution in [0.4, 0.5) is 0 Å². The Balaban J connectivity index is 3.27. The molecule has 0 fully saturated rings. The molecule has 1 aromatic carbocycles. The van der Waals surface area contributed by atoms with Crippen molar-refractivity contribution in [2.24, 2.45) is 0 Å². The van der Waals surface area contributed by atoms with E-state index < -0.39 is 0 Å². The Hall–Kier alpha value is -0.0500. The Labute approximate surface area is 123 Å². The number of hydrogen-bond donors (Lipinski definition) is 0. The van der Waals surface area contributed by atoms with Crippen molar-refractivity contribution in [3.63, 3.8) is 0 Å². The fourth-order valence-corrected chi connectivity index (χ4v) is 2.71. The molecule has 0 unspecified atom stereocenters. The molecule has 0 heterocycles. The van der Waals surface area contributed by atoms with E-state index >= 15 is 0 Å². The van der Waals surface area contributed by atoms with E-state index in [4.69, 9.17) is 16.9 Å². The van der Waals surface area contributed by atoms with Gasteiger partial charge in [-0.15, -0.1) is 0 Å². The van der Waals surface area contributed by atoms with Gasteiger partial charge >= 0.3 is 0 Å². The summed E-state index contributed by atoms with van der Waals surface area (Å²) in [5, 5.41) is 9.61. The molecule has 84 valence electrons. The Morgan fingerprint density at radius 1 is 1.56 bits per heavy atom. The third kappa shape index (κ3) is 3.47. The lowest BCUT2D eigenvalue weighted by Gasteiger charge is -2.06. The Morgan fingerprint density at radius 3 is 2.81 bits per heavy atom. The summed E-state index contributed by atoms with van der Waals surface area (Å²) in [7, 11) is 0. The van der Waals surface area contributed by atoms with Gasteiger partial charge < -0.3 is 0 Å². The molecule has 16 heavy (non-hydrogen) atoms. The van der Waals surface area contributed by atoms with Gasteiger partial charge in [0, 0.05) is 19.2 Å². The molecule has 0 spiro atoms. The molecule has 0 aliphatic carbocycles. The van der Waals surface area contributed by atoms with Crippen LogP contribution < -0.4 is 0 Å². The van der Waals surface area contributed by atoms with Crippen LogP contribution in [-0.4, -0.2) is 0 Å². The fourth-order valence-electron chi connectivity index (χ4n) is 1.29. The molecule has 0 saturated heterocycles. The first-order valence-corrected chi connectivity index (χ1v) is 7.09. The molecule has 0 bridgehead atoms. The zero-order valence-corrected chi connectivity index (χ0v) is 13.2. The van der Waals surface area contributed by atoms with E-state index in [1.165, 1.54) is 0 Å². The van der Waals surface area contributed by atoms with Gasteiger partial charge in [-0.2, -0.15) is 5.26 Å². The number of nitrogens with zero attached hydrogens (tertiary/aromatic N) is 1. The molecule has 1 nitrogen and oxygen atoms in total. The van der Waals surface area contributed by atoms with E-state index in [1.54, 1.807) is 0 Å². The minimum Gasteiger partial charge on any atom is -0.193 e. The van der Waals surface area contributed by atoms with E-state index in [0.29, 0.717) is 10.6 Å². The van der Waals surface area contributed by atoms with Gasteiger partial charge in [-0.3, -0.25) is 0 Å². The van der Waals surface area contributed by atoms with E-state index in [0.717, 1.165) is 26.4 Å². The van der Waals surface area contributed by atoms with Crippen LogP contribution in [0.15, 0.2) is 28.2 Å². The maximum absolute atomic E-state index is 9.04. The van der Waals surface area contributed by atoms with Crippen molar-refractivity contribution in [1.29, 1.82) is 5.26 Å². The smallest absolute Gasteiger partial charge is 0.0962 e. The molecule has 0 atom stereocenters. The highest BCUT2D eigenvalue weighted by molar-refractivity contribution is 14.1. The first-order chi connectivity index (χ1) is 7.60. The van der Waals surface area contributed by atoms with Crippen LogP contribution in [0.1, 0.15) is 25.3 Å². The van der Waals surface area contributed by atoms with Gasteiger partial charge in [-0.05, 0) is 47.2 Å². The number of rotatable bonds is 3. The van der Waals surface area contributed by atoms with Crippen molar-refractivity contribution in [2.75, 3.05) is 0 Å². The summed E-state index contributed by atoms with van der Waals surface area (Å²) in [6, 6.07) is 8.05. The van der Waals surface area contributed by atoms with Crippen LogP contribution in [0.2, 0.25) is 0 Å². The number of halogens is 3. The molecule has 0 aromatic heterocycles. The van der Waals surface area contributed by atoms with Crippen LogP contribution >= 0.6 is 50.1 Å². The zero-order chi connectivity index (χ0) is 12.1. The summed E-state index contributed by atoms with van der Waals surface area (Å²) in [5.41, 5.74) is 1.57. The highest BCUT2D eigenvalue weighted by atomic mass is 127. The second-order valence-corrected chi connectivity index (χ2v) is 5.73. The summed E-state index contributed by atoms with van der Waals surface area (Å²) in [6.07, 6.45) is 1.64. The molecule has 1 aromatic rings. The van der Waals surface area contributed by atoms with Crippen LogP contribution in [0.25, 0.3) is 5.03 Å². The number of hydrogen-bond acceptors (Lipinski definition) is 1. The first-order valence-electron chi connectivity index (χ1n) is 4.84. The normalized spacial score (nSPS) is 11.9. The summed E-state index contributed by atoms with van der Waals surface area (Å²) in [5.74, 6) is 0. The number of allylic oxidation sites excluding steroid dienone is 1. The molecule has 0 N–H and O–H groups in total. The predicted molar refractivity (Wildman–Crippen MR) is 80.2 cm³/mol. The average molecular weight is 410 g/mol. The Bertz CT molecular complexity index is 463. The van der Waals surface area contributed by atoms with Crippen molar-refractivity contribution in [3.05, 3.63) is 37.4 Å².